The van der Waals surface area contributed by atoms with Crippen molar-refractivity contribution in [2.45, 2.75) is 70.3 Å². The van der Waals surface area contributed by atoms with Gasteiger partial charge in [-0.1, -0.05) is 13.8 Å². The van der Waals surface area contributed by atoms with E-state index in [1.165, 1.54) is 19.3 Å². The van der Waals surface area contributed by atoms with E-state index in [9.17, 15) is 0 Å². The molecular weight excluding hydrogens is 202 g/mol. The highest BCUT2D eigenvalue weighted by atomic mass is 16.6. The van der Waals surface area contributed by atoms with Gasteiger partial charge in [0.2, 0.25) is 0 Å². The molecule has 0 aromatic rings. The van der Waals surface area contributed by atoms with Gasteiger partial charge in [-0.2, -0.15) is 0 Å². The van der Waals surface area contributed by atoms with Crippen molar-refractivity contribution in [2.24, 2.45) is 0 Å². The predicted octanol–water partition coefficient (Wildman–Crippen LogP) is 2.10. The number of hydrogen-bond donors (Lipinski definition) is 1. The lowest BCUT2D eigenvalue weighted by molar-refractivity contribution is -0.180. The third-order valence-electron chi connectivity index (χ3n) is 3.65. The third-order valence-corrected chi connectivity index (χ3v) is 3.65. The molecule has 2 aliphatic rings. The van der Waals surface area contributed by atoms with Crippen LogP contribution in [0.25, 0.3) is 0 Å². The van der Waals surface area contributed by atoms with Crippen molar-refractivity contribution >= 4 is 0 Å². The van der Waals surface area contributed by atoms with Crippen LogP contribution in [0.3, 0.4) is 0 Å². The smallest absolute Gasteiger partial charge is 0.0990 e. The SMILES string of the molecule is CCCOC1C(NCC)CC1OC1CCC1. The lowest BCUT2D eigenvalue weighted by Gasteiger charge is -2.46. The number of hydrogen-bond acceptors (Lipinski definition) is 3. The van der Waals surface area contributed by atoms with Crippen molar-refractivity contribution in [3.63, 3.8) is 0 Å². The minimum atomic E-state index is 0.292. The molecule has 3 nitrogen and oxygen atoms in total. The van der Waals surface area contributed by atoms with E-state index in [1.807, 2.05) is 0 Å². The molecule has 3 heteroatoms. The van der Waals surface area contributed by atoms with Crippen molar-refractivity contribution in [3.05, 3.63) is 0 Å². The van der Waals surface area contributed by atoms with Crippen LogP contribution in [0, 0.1) is 0 Å². The molecule has 0 amide bonds. The van der Waals surface area contributed by atoms with Crippen LogP contribution in [0.2, 0.25) is 0 Å². The van der Waals surface area contributed by atoms with E-state index < -0.39 is 0 Å². The molecule has 3 atom stereocenters. The van der Waals surface area contributed by atoms with Crippen molar-refractivity contribution in [1.29, 1.82) is 0 Å². The highest BCUT2D eigenvalue weighted by Crippen LogP contribution is 2.33. The Morgan fingerprint density at radius 3 is 2.62 bits per heavy atom. The fourth-order valence-corrected chi connectivity index (χ4v) is 2.41. The average Bonchev–Trinajstić information content (AvgIpc) is 2.20. The number of ether oxygens (including phenoxy) is 2. The van der Waals surface area contributed by atoms with Gasteiger partial charge in [0.1, 0.15) is 0 Å². The number of nitrogens with one attached hydrogen (secondary N) is 1. The molecule has 2 aliphatic carbocycles. The third kappa shape index (κ3) is 2.76. The lowest BCUT2D eigenvalue weighted by Crippen LogP contribution is -2.61. The molecule has 0 aliphatic heterocycles. The van der Waals surface area contributed by atoms with Gasteiger partial charge in [0, 0.05) is 12.6 Å². The van der Waals surface area contributed by atoms with E-state index in [0.717, 1.165) is 26.0 Å². The summed E-state index contributed by atoms with van der Waals surface area (Å²) in [6, 6.07) is 0.515. The molecular formula is C13H25NO2. The van der Waals surface area contributed by atoms with Crippen LogP contribution in [-0.2, 0) is 9.47 Å². The summed E-state index contributed by atoms with van der Waals surface area (Å²) in [5.41, 5.74) is 0. The Kier molecular flexibility index (Phi) is 4.62. The van der Waals surface area contributed by atoms with Crippen LogP contribution >= 0.6 is 0 Å². The van der Waals surface area contributed by atoms with Gasteiger partial charge in [-0.3, -0.25) is 0 Å². The van der Waals surface area contributed by atoms with Crippen molar-refractivity contribution < 1.29 is 9.47 Å². The van der Waals surface area contributed by atoms with E-state index >= 15 is 0 Å². The fraction of sp³-hybridized carbons (Fsp3) is 1.00. The maximum absolute atomic E-state index is 6.04. The van der Waals surface area contributed by atoms with Crippen LogP contribution in [0.15, 0.2) is 0 Å². The molecule has 94 valence electrons. The predicted molar refractivity (Wildman–Crippen MR) is 64.6 cm³/mol. The van der Waals surface area contributed by atoms with Crippen LogP contribution in [0.5, 0.6) is 0 Å². The average molecular weight is 227 g/mol. The fourth-order valence-electron chi connectivity index (χ4n) is 2.41. The van der Waals surface area contributed by atoms with Gasteiger partial charge in [0.05, 0.1) is 18.3 Å². The summed E-state index contributed by atoms with van der Waals surface area (Å²) in [5.74, 6) is 0. The minimum Gasteiger partial charge on any atom is -0.374 e. The molecule has 0 saturated heterocycles. The number of rotatable bonds is 7. The monoisotopic (exact) mass is 227 g/mol. The molecule has 0 heterocycles. The van der Waals surface area contributed by atoms with Gasteiger partial charge in [-0.15, -0.1) is 0 Å². The Morgan fingerprint density at radius 2 is 2.06 bits per heavy atom. The van der Waals surface area contributed by atoms with E-state index in [2.05, 4.69) is 19.2 Å². The topological polar surface area (TPSA) is 30.5 Å². The van der Waals surface area contributed by atoms with E-state index in [-0.39, 0.29) is 0 Å². The summed E-state index contributed by atoms with van der Waals surface area (Å²) in [4.78, 5) is 0. The van der Waals surface area contributed by atoms with E-state index in [4.69, 9.17) is 9.47 Å². The Bertz CT molecular complexity index is 206. The molecule has 3 unspecified atom stereocenters. The highest BCUT2D eigenvalue weighted by Gasteiger charge is 2.43. The van der Waals surface area contributed by atoms with Gasteiger partial charge in [-0.05, 0) is 38.6 Å². The van der Waals surface area contributed by atoms with Gasteiger partial charge >= 0.3 is 0 Å². The molecule has 0 spiro atoms. The first-order valence-electron chi connectivity index (χ1n) is 6.85. The molecule has 16 heavy (non-hydrogen) atoms. The zero-order chi connectivity index (χ0) is 11.4. The normalized spacial score (nSPS) is 34.5. The summed E-state index contributed by atoms with van der Waals surface area (Å²) in [7, 11) is 0. The molecule has 2 fully saturated rings. The van der Waals surface area contributed by atoms with Crippen molar-refractivity contribution in [1.82, 2.24) is 5.32 Å². The Morgan fingerprint density at radius 1 is 1.25 bits per heavy atom. The molecule has 0 bridgehead atoms. The first-order valence-corrected chi connectivity index (χ1v) is 6.85. The van der Waals surface area contributed by atoms with Gasteiger partial charge in [0.25, 0.3) is 0 Å². The summed E-state index contributed by atoms with van der Waals surface area (Å²) in [6.07, 6.45) is 7.23. The van der Waals surface area contributed by atoms with Crippen LogP contribution < -0.4 is 5.32 Å². The summed E-state index contributed by atoms with van der Waals surface area (Å²) < 4.78 is 11.9. The van der Waals surface area contributed by atoms with E-state index in [1.54, 1.807) is 0 Å². The molecule has 0 radical (unpaired) electrons. The second-order valence-corrected chi connectivity index (χ2v) is 4.96. The summed E-state index contributed by atoms with van der Waals surface area (Å²) >= 11 is 0. The zero-order valence-corrected chi connectivity index (χ0v) is 10.6. The van der Waals surface area contributed by atoms with E-state index in [0.29, 0.717) is 24.4 Å². The maximum Gasteiger partial charge on any atom is 0.0990 e. The highest BCUT2D eigenvalue weighted by molar-refractivity contribution is 4.98. The van der Waals surface area contributed by atoms with Crippen LogP contribution in [0.1, 0.15) is 46.0 Å². The largest absolute Gasteiger partial charge is 0.374 e. The molecule has 0 aromatic carbocycles. The number of likely N-dealkylation sites (N-methyl/N-ethyl adjacent to an activating group) is 1. The lowest BCUT2D eigenvalue weighted by atomic mass is 9.84. The van der Waals surface area contributed by atoms with Crippen LogP contribution in [0.4, 0.5) is 0 Å². The Labute approximate surface area is 98.9 Å². The minimum absolute atomic E-state index is 0.292. The second kappa shape index (κ2) is 5.99. The zero-order valence-electron chi connectivity index (χ0n) is 10.6. The molecule has 2 saturated carbocycles. The molecule has 1 N–H and O–H groups in total. The molecule has 0 aromatic heterocycles. The van der Waals surface area contributed by atoms with Gasteiger partial charge in [-0.25, -0.2) is 0 Å². The van der Waals surface area contributed by atoms with Gasteiger partial charge in [0.15, 0.2) is 0 Å². The Balaban J connectivity index is 1.74. The second-order valence-electron chi connectivity index (χ2n) is 4.96. The standard InChI is InChI=1S/C13H25NO2/c1-3-8-15-13-11(14-4-2)9-12(13)16-10-6-5-7-10/h10-14H,3-9H2,1-2H3. The van der Waals surface area contributed by atoms with Gasteiger partial charge < -0.3 is 14.8 Å². The first kappa shape index (κ1) is 12.3. The first-order chi connectivity index (χ1) is 7.85. The van der Waals surface area contributed by atoms with Crippen molar-refractivity contribution in [2.75, 3.05) is 13.2 Å². The summed E-state index contributed by atoms with van der Waals surface area (Å²) in [5, 5.41) is 3.48. The quantitative estimate of drug-likeness (QED) is 0.722. The maximum atomic E-state index is 6.04. The molecule has 2 rings (SSSR count). The Hall–Kier alpha value is -0.120. The van der Waals surface area contributed by atoms with Crippen molar-refractivity contribution in [3.8, 4) is 0 Å². The van der Waals surface area contributed by atoms with Crippen LogP contribution in [-0.4, -0.2) is 37.5 Å². The summed E-state index contributed by atoms with van der Waals surface area (Å²) in [6.45, 7) is 6.18.